The van der Waals surface area contributed by atoms with Crippen molar-refractivity contribution in [2.24, 2.45) is 0 Å². The number of methoxy groups -OCH3 is 1. The van der Waals surface area contributed by atoms with Crippen molar-refractivity contribution < 1.29 is 9.84 Å². The Hall–Kier alpha value is -1.06. The Morgan fingerprint density at radius 1 is 1.20 bits per heavy atom. The van der Waals surface area contributed by atoms with E-state index in [-0.39, 0.29) is 18.2 Å². The summed E-state index contributed by atoms with van der Waals surface area (Å²) in [5.74, 6) is 1.37. The Balaban J connectivity index is 2.59. The first-order valence-corrected chi connectivity index (χ1v) is 7.39. The van der Waals surface area contributed by atoms with Crippen LogP contribution in [-0.4, -0.2) is 30.4 Å². The van der Waals surface area contributed by atoms with Gasteiger partial charge in [-0.25, -0.2) is 0 Å². The fraction of sp³-hybridized carbons (Fsp3) is 0.647. The topological polar surface area (TPSA) is 41.5 Å². The summed E-state index contributed by atoms with van der Waals surface area (Å²) in [4.78, 5) is 0. The summed E-state index contributed by atoms with van der Waals surface area (Å²) < 4.78 is 5.42. The SMILES string of the molecule is COc1ccccc1[C@H](C)CC[C@@H](CO)NC(C)(C)C. The Kier molecular flexibility index (Phi) is 6.50. The molecule has 0 bridgehead atoms. The van der Waals surface area contributed by atoms with E-state index >= 15 is 0 Å². The average molecular weight is 279 g/mol. The van der Waals surface area contributed by atoms with E-state index in [2.05, 4.69) is 39.1 Å². The highest BCUT2D eigenvalue weighted by molar-refractivity contribution is 5.35. The molecule has 0 heterocycles. The molecule has 0 aliphatic rings. The second-order valence-corrected chi connectivity index (χ2v) is 6.49. The number of nitrogens with one attached hydrogen (secondary N) is 1. The lowest BCUT2D eigenvalue weighted by molar-refractivity contribution is 0.205. The predicted octanol–water partition coefficient (Wildman–Crippen LogP) is 3.33. The Morgan fingerprint density at radius 3 is 2.40 bits per heavy atom. The maximum absolute atomic E-state index is 9.49. The van der Waals surface area contributed by atoms with E-state index in [1.807, 2.05) is 18.2 Å². The van der Waals surface area contributed by atoms with E-state index < -0.39 is 0 Å². The molecular weight excluding hydrogens is 250 g/mol. The maximum atomic E-state index is 9.49. The molecular formula is C17H29NO2. The molecule has 3 nitrogen and oxygen atoms in total. The van der Waals surface area contributed by atoms with Gasteiger partial charge in [-0.15, -0.1) is 0 Å². The van der Waals surface area contributed by atoms with Crippen LogP contribution in [0.5, 0.6) is 5.75 Å². The molecule has 1 rings (SSSR count). The molecule has 1 aromatic carbocycles. The molecule has 20 heavy (non-hydrogen) atoms. The van der Waals surface area contributed by atoms with Gasteiger partial charge in [0.05, 0.1) is 13.7 Å². The van der Waals surface area contributed by atoms with Crippen LogP contribution >= 0.6 is 0 Å². The van der Waals surface area contributed by atoms with Gasteiger partial charge in [0, 0.05) is 11.6 Å². The summed E-state index contributed by atoms with van der Waals surface area (Å²) in [7, 11) is 1.71. The van der Waals surface area contributed by atoms with Crippen LogP contribution in [0.25, 0.3) is 0 Å². The highest BCUT2D eigenvalue weighted by Crippen LogP contribution is 2.29. The van der Waals surface area contributed by atoms with E-state index in [1.54, 1.807) is 7.11 Å². The smallest absolute Gasteiger partial charge is 0.122 e. The zero-order chi connectivity index (χ0) is 15.2. The van der Waals surface area contributed by atoms with E-state index in [0.717, 1.165) is 18.6 Å². The number of para-hydroxylation sites is 1. The van der Waals surface area contributed by atoms with Gasteiger partial charge in [0.15, 0.2) is 0 Å². The van der Waals surface area contributed by atoms with Gasteiger partial charge in [-0.1, -0.05) is 25.1 Å². The Morgan fingerprint density at radius 2 is 1.85 bits per heavy atom. The van der Waals surface area contributed by atoms with Gasteiger partial charge < -0.3 is 15.2 Å². The average Bonchev–Trinajstić information content (AvgIpc) is 2.41. The highest BCUT2D eigenvalue weighted by Gasteiger charge is 2.18. The molecule has 0 saturated carbocycles. The number of hydrogen-bond donors (Lipinski definition) is 2. The van der Waals surface area contributed by atoms with Gasteiger partial charge in [-0.3, -0.25) is 0 Å². The van der Waals surface area contributed by atoms with Gasteiger partial charge in [0.2, 0.25) is 0 Å². The first-order valence-electron chi connectivity index (χ1n) is 7.39. The van der Waals surface area contributed by atoms with Crippen LogP contribution in [0.15, 0.2) is 24.3 Å². The second kappa shape index (κ2) is 7.65. The van der Waals surface area contributed by atoms with Crippen molar-refractivity contribution >= 4 is 0 Å². The zero-order valence-electron chi connectivity index (χ0n) is 13.4. The minimum atomic E-state index is 0.0288. The van der Waals surface area contributed by atoms with Crippen LogP contribution in [0.1, 0.15) is 52.0 Å². The molecule has 3 heteroatoms. The summed E-state index contributed by atoms with van der Waals surface area (Å²) in [5.41, 5.74) is 1.27. The number of hydrogen-bond acceptors (Lipinski definition) is 3. The molecule has 114 valence electrons. The van der Waals surface area contributed by atoms with Gasteiger partial charge in [0.25, 0.3) is 0 Å². The van der Waals surface area contributed by atoms with Crippen LogP contribution < -0.4 is 10.1 Å². The molecule has 0 aliphatic heterocycles. The fourth-order valence-corrected chi connectivity index (χ4v) is 2.50. The van der Waals surface area contributed by atoms with Gasteiger partial charge in [-0.2, -0.15) is 0 Å². The summed E-state index contributed by atoms with van der Waals surface area (Å²) in [5, 5.41) is 12.9. The van der Waals surface area contributed by atoms with E-state index in [0.29, 0.717) is 5.92 Å². The molecule has 0 aromatic heterocycles. The van der Waals surface area contributed by atoms with Crippen molar-refractivity contribution in [3.63, 3.8) is 0 Å². The Labute approximate surface area is 123 Å². The highest BCUT2D eigenvalue weighted by atomic mass is 16.5. The van der Waals surface area contributed by atoms with Crippen LogP contribution in [0.2, 0.25) is 0 Å². The number of aliphatic hydroxyl groups excluding tert-OH is 1. The molecule has 1 aromatic rings. The molecule has 0 unspecified atom stereocenters. The molecule has 0 aliphatic carbocycles. The standard InChI is InChI=1S/C17H29NO2/c1-13(15-8-6-7-9-16(15)20-5)10-11-14(12-19)18-17(2,3)4/h6-9,13-14,18-19H,10-12H2,1-5H3/t13-,14+/m1/s1. The minimum absolute atomic E-state index is 0.0288. The van der Waals surface area contributed by atoms with Crippen molar-refractivity contribution in [2.45, 2.75) is 58.0 Å². The number of ether oxygens (including phenoxy) is 1. The third kappa shape index (κ3) is 5.51. The molecule has 0 spiro atoms. The zero-order valence-corrected chi connectivity index (χ0v) is 13.4. The summed E-state index contributed by atoms with van der Waals surface area (Å²) >= 11 is 0. The van der Waals surface area contributed by atoms with Gasteiger partial charge in [0.1, 0.15) is 5.75 Å². The minimum Gasteiger partial charge on any atom is -0.496 e. The quantitative estimate of drug-likeness (QED) is 0.804. The molecule has 2 N–H and O–H groups in total. The molecule has 0 amide bonds. The predicted molar refractivity (Wildman–Crippen MR) is 84.4 cm³/mol. The van der Waals surface area contributed by atoms with Crippen LogP contribution in [0, 0.1) is 0 Å². The third-order valence-electron chi connectivity index (χ3n) is 3.48. The lowest BCUT2D eigenvalue weighted by Gasteiger charge is -2.28. The summed E-state index contributed by atoms with van der Waals surface area (Å²) in [6, 6.07) is 8.31. The molecule has 2 atom stereocenters. The van der Waals surface area contributed by atoms with Crippen molar-refractivity contribution in [3.8, 4) is 5.75 Å². The first-order chi connectivity index (χ1) is 9.37. The lowest BCUT2D eigenvalue weighted by atomic mass is 9.93. The van der Waals surface area contributed by atoms with Crippen molar-refractivity contribution in [2.75, 3.05) is 13.7 Å². The number of aliphatic hydroxyl groups is 1. The summed E-state index contributed by atoms with van der Waals surface area (Å²) in [6.07, 6.45) is 1.97. The first kappa shape index (κ1) is 17.0. The molecule has 0 saturated heterocycles. The summed E-state index contributed by atoms with van der Waals surface area (Å²) in [6.45, 7) is 8.76. The van der Waals surface area contributed by atoms with Crippen molar-refractivity contribution in [1.29, 1.82) is 0 Å². The van der Waals surface area contributed by atoms with Crippen molar-refractivity contribution in [1.82, 2.24) is 5.32 Å². The normalized spacial score (nSPS) is 14.9. The van der Waals surface area contributed by atoms with Crippen LogP contribution in [0.4, 0.5) is 0 Å². The maximum Gasteiger partial charge on any atom is 0.122 e. The lowest BCUT2D eigenvalue weighted by Crippen LogP contribution is -2.45. The van der Waals surface area contributed by atoms with Crippen LogP contribution in [0.3, 0.4) is 0 Å². The van der Waals surface area contributed by atoms with E-state index in [1.165, 1.54) is 5.56 Å². The molecule has 0 radical (unpaired) electrons. The number of rotatable bonds is 7. The second-order valence-electron chi connectivity index (χ2n) is 6.49. The van der Waals surface area contributed by atoms with Gasteiger partial charge in [-0.05, 0) is 51.2 Å². The molecule has 0 fully saturated rings. The fourth-order valence-electron chi connectivity index (χ4n) is 2.50. The van der Waals surface area contributed by atoms with Crippen LogP contribution in [-0.2, 0) is 0 Å². The Bertz CT molecular complexity index is 398. The third-order valence-corrected chi connectivity index (χ3v) is 3.48. The monoisotopic (exact) mass is 279 g/mol. The van der Waals surface area contributed by atoms with Crippen molar-refractivity contribution in [3.05, 3.63) is 29.8 Å². The van der Waals surface area contributed by atoms with Gasteiger partial charge >= 0.3 is 0 Å². The van der Waals surface area contributed by atoms with E-state index in [9.17, 15) is 5.11 Å². The van der Waals surface area contributed by atoms with E-state index in [4.69, 9.17) is 4.74 Å². The largest absolute Gasteiger partial charge is 0.496 e. The number of benzene rings is 1.